The van der Waals surface area contributed by atoms with Crippen LogP contribution in [0.2, 0.25) is 0 Å². The Labute approximate surface area is 165 Å². The van der Waals surface area contributed by atoms with Crippen molar-refractivity contribution in [3.63, 3.8) is 0 Å². The number of ketones is 1. The van der Waals surface area contributed by atoms with Gasteiger partial charge < -0.3 is 15.1 Å². The maximum atomic E-state index is 12.5. The Morgan fingerprint density at radius 3 is 2.82 bits per heavy atom. The average molecular weight is 378 g/mol. The minimum atomic E-state index is -0.939. The van der Waals surface area contributed by atoms with Crippen LogP contribution in [0, 0.1) is 11.3 Å². The Bertz CT molecular complexity index is 929. The lowest BCUT2D eigenvalue weighted by molar-refractivity contribution is -0.115. The zero-order valence-corrected chi connectivity index (χ0v) is 16.1. The standard InChI is InChI=1S/C23H26N2O3/c1-16-5-4-12-25(16)23-18(9-8-17-6-2-3-7-21(17)23)13-19(14-24)22(28)11-10-20(27)15-26/h2-3,6-9,13,16,20,26-27H,4-5,10-12,15H2,1H3/b19-13+. The molecule has 0 aliphatic carbocycles. The highest BCUT2D eigenvalue weighted by molar-refractivity contribution is 6.06. The van der Waals surface area contributed by atoms with Crippen molar-refractivity contribution in [3.05, 3.63) is 47.5 Å². The number of carbonyl (C=O) groups is 1. The molecule has 1 aliphatic rings. The molecule has 146 valence electrons. The molecule has 28 heavy (non-hydrogen) atoms. The lowest BCUT2D eigenvalue weighted by Crippen LogP contribution is -2.27. The highest BCUT2D eigenvalue weighted by Crippen LogP contribution is 2.36. The number of hydrogen-bond donors (Lipinski definition) is 2. The largest absolute Gasteiger partial charge is 0.394 e. The van der Waals surface area contributed by atoms with Crippen molar-refractivity contribution in [2.45, 2.75) is 44.8 Å². The van der Waals surface area contributed by atoms with Crippen LogP contribution in [-0.2, 0) is 4.79 Å². The molecule has 0 spiro atoms. The molecule has 1 fully saturated rings. The molecule has 5 heteroatoms. The van der Waals surface area contributed by atoms with E-state index in [9.17, 15) is 15.2 Å². The first-order valence-corrected chi connectivity index (χ1v) is 9.77. The van der Waals surface area contributed by atoms with Gasteiger partial charge in [0.25, 0.3) is 0 Å². The molecular weight excluding hydrogens is 352 g/mol. The highest BCUT2D eigenvalue weighted by Gasteiger charge is 2.24. The predicted octanol–water partition coefficient (Wildman–Crippen LogP) is 3.44. The molecule has 5 nitrogen and oxygen atoms in total. The van der Waals surface area contributed by atoms with Crippen LogP contribution in [0.5, 0.6) is 0 Å². The van der Waals surface area contributed by atoms with Crippen LogP contribution < -0.4 is 4.90 Å². The van der Waals surface area contributed by atoms with Gasteiger partial charge in [0.15, 0.2) is 5.78 Å². The number of fused-ring (bicyclic) bond motifs is 1. The summed E-state index contributed by atoms with van der Waals surface area (Å²) in [7, 11) is 0. The van der Waals surface area contributed by atoms with E-state index in [0.717, 1.165) is 41.4 Å². The molecule has 2 atom stereocenters. The Morgan fingerprint density at radius 2 is 2.14 bits per heavy atom. The van der Waals surface area contributed by atoms with Crippen LogP contribution in [-0.4, -0.2) is 41.3 Å². The normalized spacial score (nSPS) is 18.3. The van der Waals surface area contributed by atoms with Crippen LogP contribution >= 0.6 is 0 Å². The smallest absolute Gasteiger partial charge is 0.173 e. The lowest BCUT2D eigenvalue weighted by Gasteiger charge is -2.27. The average Bonchev–Trinajstić information content (AvgIpc) is 3.14. The van der Waals surface area contributed by atoms with E-state index in [4.69, 9.17) is 5.11 Å². The van der Waals surface area contributed by atoms with Gasteiger partial charge >= 0.3 is 0 Å². The number of aliphatic hydroxyl groups is 2. The minimum Gasteiger partial charge on any atom is -0.394 e. The molecule has 3 rings (SSSR count). The van der Waals surface area contributed by atoms with Crippen LogP contribution in [0.3, 0.4) is 0 Å². The minimum absolute atomic E-state index is 0.0319. The summed E-state index contributed by atoms with van der Waals surface area (Å²) >= 11 is 0. The number of aliphatic hydroxyl groups excluding tert-OH is 2. The number of allylic oxidation sites excluding steroid dienone is 1. The third-order valence-electron chi connectivity index (χ3n) is 5.41. The molecule has 2 N–H and O–H groups in total. The van der Waals surface area contributed by atoms with Crippen LogP contribution in [0.25, 0.3) is 16.8 Å². The van der Waals surface area contributed by atoms with Gasteiger partial charge in [0, 0.05) is 24.4 Å². The molecule has 2 aromatic rings. The Morgan fingerprint density at radius 1 is 1.36 bits per heavy atom. The van der Waals surface area contributed by atoms with Gasteiger partial charge in [-0.05, 0) is 43.2 Å². The second-order valence-electron chi connectivity index (χ2n) is 7.38. The number of nitrogens with zero attached hydrogens (tertiary/aromatic N) is 2. The molecule has 0 radical (unpaired) electrons. The van der Waals surface area contributed by atoms with Crippen molar-refractivity contribution in [2.75, 3.05) is 18.1 Å². The number of benzene rings is 2. The molecule has 0 amide bonds. The fourth-order valence-electron chi connectivity index (χ4n) is 3.83. The van der Waals surface area contributed by atoms with Gasteiger partial charge in [0.1, 0.15) is 6.07 Å². The molecule has 0 aromatic heterocycles. The van der Waals surface area contributed by atoms with Crippen molar-refractivity contribution in [1.29, 1.82) is 5.26 Å². The first-order chi connectivity index (χ1) is 13.5. The Kier molecular flexibility index (Phi) is 6.45. The van der Waals surface area contributed by atoms with Gasteiger partial charge in [-0.1, -0.05) is 36.4 Å². The maximum Gasteiger partial charge on any atom is 0.173 e. The van der Waals surface area contributed by atoms with Crippen molar-refractivity contribution in [3.8, 4) is 6.07 Å². The summed E-state index contributed by atoms with van der Waals surface area (Å²) in [6.07, 6.45) is 3.14. The second-order valence-corrected chi connectivity index (χ2v) is 7.38. The van der Waals surface area contributed by atoms with Gasteiger partial charge in [-0.3, -0.25) is 4.79 Å². The number of nitriles is 1. The molecule has 0 bridgehead atoms. The summed E-state index contributed by atoms with van der Waals surface area (Å²) < 4.78 is 0. The van der Waals surface area contributed by atoms with Gasteiger partial charge in [-0.2, -0.15) is 5.26 Å². The number of hydrogen-bond acceptors (Lipinski definition) is 5. The van der Waals surface area contributed by atoms with Gasteiger partial charge in [0.2, 0.25) is 0 Å². The van der Waals surface area contributed by atoms with Crippen molar-refractivity contribution in [2.24, 2.45) is 0 Å². The third-order valence-corrected chi connectivity index (χ3v) is 5.41. The monoisotopic (exact) mass is 378 g/mol. The van der Waals surface area contributed by atoms with Crippen LogP contribution in [0.4, 0.5) is 5.69 Å². The molecular formula is C23H26N2O3. The van der Waals surface area contributed by atoms with Gasteiger partial charge in [-0.25, -0.2) is 0 Å². The summed E-state index contributed by atoms with van der Waals surface area (Å²) in [5.41, 5.74) is 2.01. The molecule has 1 saturated heterocycles. The summed E-state index contributed by atoms with van der Waals surface area (Å²) in [5, 5.41) is 30.2. The van der Waals surface area contributed by atoms with Crippen molar-refractivity contribution >= 4 is 28.3 Å². The molecule has 1 aliphatic heterocycles. The summed E-state index contributed by atoms with van der Waals surface area (Å²) in [5.74, 6) is -0.316. The first kappa shape index (κ1) is 20.1. The van der Waals surface area contributed by atoms with E-state index in [1.807, 2.05) is 30.3 Å². The molecule has 0 saturated carbocycles. The van der Waals surface area contributed by atoms with E-state index in [0.29, 0.717) is 6.04 Å². The summed E-state index contributed by atoms with van der Waals surface area (Å²) in [4.78, 5) is 14.8. The third kappa shape index (κ3) is 4.24. The summed E-state index contributed by atoms with van der Waals surface area (Å²) in [6, 6.07) is 14.6. The van der Waals surface area contributed by atoms with Crippen molar-refractivity contribution < 1.29 is 15.0 Å². The number of rotatable bonds is 7. The van der Waals surface area contributed by atoms with E-state index in [1.165, 1.54) is 0 Å². The fourth-order valence-corrected chi connectivity index (χ4v) is 3.83. The zero-order valence-electron chi connectivity index (χ0n) is 16.1. The quantitative estimate of drug-likeness (QED) is 0.569. The van der Waals surface area contributed by atoms with Gasteiger partial charge in [0.05, 0.1) is 24.0 Å². The number of anilines is 1. The van der Waals surface area contributed by atoms with Crippen LogP contribution in [0.15, 0.2) is 42.0 Å². The zero-order chi connectivity index (χ0) is 20.1. The van der Waals surface area contributed by atoms with E-state index in [-0.39, 0.29) is 30.8 Å². The van der Waals surface area contributed by atoms with E-state index < -0.39 is 6.10 Å². The maximum absolute atomic E-state index is 12.5. The second kappa shape index (κ2) is 9.01. The van der Waals surface area contributed by atoms with E-state index >= 15 is 0 Å². The van der Waals surface area contributed by atoms with E-state index in [2.05, 4.69) is 24.0 Å². The molecule has 2 aromatic carbocycles. The fraction of sp³-hybridized carbons (Fsp3) is 0.391. The summed E-state index contributed by atoms with van der Waals surface area (Å²) in [6.45, 7) is 2.77. The highest BCUT2D eigenvalue weighted by atomic mass is 16.3. The van der Waals surface area contributed by atoms with Crippen LogP contribution in [0.1, 0.15) is 38.2 Å². The molecule has 1 heterocycles. The molecule has 2 unspecified atom stereocenters. The van der Waals surface area contributed by atoms with Gasteiger partial charge in [-0.15, -0.1) is 0 Å². The Balaban J connectivity index is 2.03. The van der Waals surface area contributed by atoms with E-state index in [1.54, 1.807) is 6.08 Å². The predicted molar refractivity (Wildman–Crippen MR) is 111 cm³/mol. The van der Waals surface area contributed by atoms with Crippen molar-refractivity contribution in [1.82, 2.24) is 0 Å². The SMILES string of the molecule is CC1CCCN1c1c(/C=C(\C#N)C(=O)CCC(O)CO)ccc2ccccc12. The Hall–Kier alpha value is -2.68. The number of Topliss-reactive ketones (excluding diaryl/α,β-unsaturated/α-hetero) is 1. The number of carbonyl (C=O) groups excluding carboxylic acids is 1. The first-order valence-electron chi connectivity index (χ1n) is 9.77. The lowest BCUT2D eigenvalue weighted by atomic mass is 9.98. The topological polar surface area (TPSA) is 84.6 Å².